The van der Waals surface area contributed by atoms with Crippen LogP contribution in [0.25, 0.3) is 5.57 Å². The highest BCUT2D eigenvalue weighted by atomic mass is 19.4. The molecule has 10 heteroatoms. The molecule has 26 heavy (non-hydrogen) atoms. The molecule has 0 radical (unpaired) electrons. The molecule has 2 rings (SSSR count). The molecule has 0 atom stereocenters. The second-order valence-electron chi connectivity index (χ2n) is 4.76. The lowest BCUT2D eigenvalue weighted by Gasteiger charge is -2.14. The second-order valence-corrected chi connectivity index (χ2v) is 4.76. The standard InChI is InChI=1S/C16H13F3N2O5/c1-24-7-11(15(22)23)12-13(25-2)20-8-21-14(12)26-10-5-3-4-9(6-10)16(17,18)19/h3-8H,1-2H3,(H,22,23)/b11-7-. The minimum atomic E-state index is -4.56. The average molecular weight is 370 g/mol. The highest BCUT2D eigenvalue weighted by molar-refractivity contribution is 6.16. The number of benzene rings is 1. The van der Waals surface area contributed by atoms with Crippen molar-refractivity contribution in [2.75, 3.05) is 14.2 Å². The zero-order valence-electron chi connectivity index (χ0n) is 13.6. The monoisotopic (exact) mass is 370 g/mol. The summed E-state index contributed by atoms with van der Waals surface area (Å²) in [6.45, 7) is 0. The second kappa shape index (κ2) is 7.72. The number of carbonyl (C=O) groups is 1. The van der Waals surface area contributed by atoms with Crippen molar-refractivity contribution >= 4 is 11.5 Å². The van der Waals surface area contributed by atoms with E-state index in [-0.39, 0.29) is 23.1 Å². The van der Waals surface area contributed by atoms with Gasteiger partial charge in [0.15, 0.2) is 0 Å². The molecule has 7 nitrogen and oxygen atoms in total. The van der Waals surface area contributed by atoms with Crippen molar-refractivity contribution in [3.8, 4) is 17.5 Å². The summed E-state index contributed by atoms with van der Waals surface area (Å²) < 4.78 is 53.6. The first-order valence-electron chi connectivity index (χ1n) is 6.98. The number of rotatable bonds is 6. The van der Waals surface area contributed by atoms with E-state index in [1.807, 2.05) is 0 Å². The molecule has 1 N–H and O–H groups in total. The number of methoxy groups -OCH3 is 2. The predicted molar refractivity (Wildman–Crippen MR) is 82.7 cm³/mol. The zero-order valence-corrected chi connectivity index (χ0v) is 13.6. The van der Waals surface area contributed by atoms with Crippen molar-refractivity contribution in [3.63, 3.8) is 0 Å². The number of carboxylic acids is 1. The zero-order chi connectivity index (χ0) is 19.3. The molecule has 0 aliphatic carbocycles. The van der Waals surface area contributed by atoms with Crippen molar-refractivity contribution in [2.45, 2.75) is 6.18 Å². The van der Waals surface area contributed by atoms with Gasteiger partial charge < -0.3 is 19.3 Å². The van der Waals surface area contributed by atoms with E-state index in [0.717, 1.165) is 30.8 Å². The molecule has 0 amide bonds. The van der Waals surface area contributed by atoms with Crippen LogP contribution in [0, 0.1) is 0 Å². The Morgan fingerprint density at radius 2 is 1.88 bits per heavy atom. The Morgan fingerprint density at radius 1 is 1.19 bits per heavy atom. The van der Waals surface area contributed by atoms with Crippen molar-refractivity contribution in [1.82, 2.24) is 9.97 Å². The summed E-state index contributed by atoms with van der Waals surface area (Å²) in [4.78, 5) is 19.1. The number of nitrogens with zero attached hydrogens (tertiary/aromatic N) is 2. The molecule has 1 heterocycles. The fourth-order valence-corrected chi connectivity index (χ4v) is 2.00. The highest BCUT2D eigenvalue weighted by Crippen LogP contribution is 2.36. The lowest BCUT2D eigenvalue weighted by Crippen LogP contribution is -2.08. The molecule has 1 aromatic carbocycles. The van der Waals surface area contributed by atoms with E-state index in [4.69, 9.17) is 14.2 Å². The van der Waals surface area contributed by atoms with E-state index >= 15 is 0 Å². The minimum Gasteiger partial charge on any atom is -0.503 e. The number of alkyl halides is 3. The normalized spacial score (nSPS) is 11.8. The summed E-state index contributed by atoms with van der Waals surface area (Å²) in [5.41, 5.74) is -1.50. The molecule has 0 unspecified atom stereocenters. The molecule has 138 valence electrons. The van der Waals surface area contributed by atoms with Crippen LogP contribution in [0.2, 0.25) is 0 Å². The van der Waals surface area contributed by atoms with Gasteiger partial charge in [-0.1, -0.05) is 6.07 Å². The lowest BCUT2D eigenvalue weighted by atomic mass is 10.1. The SMILES string of the molecule is CO/C=C(\C(=O)O)c1c(OC)ncnc1Oc1cccc(C(F)(F)F)c1. The van der Waals surface area contributed by atoms with Crippen LogP contribution in [0.1, 0.15) is 11.1 Å². The number of carboxylic acid groups (broad SMARTS) is 1. The Balaban J connectivity index is 2.54. The van der Waals surface area contributed by atoms with Crippen LogP contribution in [0.15, 0.2) is 36.9 Å². The number of ether oxygens (including phenoxy) is 3. The van der Waals surface area contributed by atoms with Gasteiger partial charge in [0.2, 0.25) is 11.8 Å². The van der Waals surface area contributed by atoms with E-state index in [9.17, 15) is 23.1 Å². The maximum absolute atomic E-state index is 12.8. The first-order chi connectivity index (χ1) is 12.3. The summed E-state index contributed by atoms with van der Waals surface area (Å²) >= 11 is 0. The number of aliphatic carboxylic acids is 1. The topological polar surface area (TPSA) is 90.8 Å². The van der Waals surface area contributed by atoms with Crippen LogP contribution < -0.4 is 9.47 Å². The smallest absolute Gasteiger partial charge is 0.416 e. The Morgan fingerprint density at radius 3 is 2.46 bits per heavy atom. The molecule has 2 aromatic rings. The van der Waals surface area contributed by atoms with Gasteiger partial charge >= 0.3 is 12.1 Å². The minimum absolute atomic E-state index is 0.146. The molecular weight excluding hydrogens is 357 g/mol. The first-order valence-corrected chi connectivity index (χ1v) is 6.98. The van der Waals surface area contributed by atoms with Crippen LogP contribution in [0.5, 0.6) is 17.5 Å². The lowest BCUT2D eigenvalue weighted by molar-refractivity contribution is -0.137. The van der Waals surface area contributed by atoms with Crippen LogP contribution in [0.3, 0.4) is 0 Å². The van der Waals surface area contributed by atoms with E-state index in [1.54, 1.807) is 0 Å². The van der Waals surface area contributed by atoms with Crippen LogP contribution in [0.4, 0.5) is 13.2 Å². The van der Waals surface area contributed by atoms with Crippen molar-refractivity contribution in [3.05, 3.63) is 48.0 Å². The molecule has 0 bridgehead atoms. The molecule has 0 saturated carbocycles. The van der Waals surface area contributed by atoms with Crippen LogP contribution in [-0.4, -0.2) is 35.3 Å². The number of halogens is 3. The molecule has 0 spiro atoms. The molecule has 1 aromatic heterocycles. The van der Waals surface area contributed by atoms with Gasteiger partial charge in [0.05, 0.1) is 26.0 Å². The molecule has 0 saturated heterocycles. The third kappa shape index (κ3) is 4.21. The van der Waals surface area contributed by atoms with Crippen LogP contribution in [-0.2, 0) is 15.7 Å². The van der Waals surface area contributed by atoms with Crippen LogP contribution >= 0.6 is 0 Å². The Kier molecular flexibility index (Phi) is 5.65. The fraction of sp³-hybridized carbons (Fsp3) is 0.188. The largest absolute Gasteiger partial charge is 0.503 e. The highest BCUT2D eigenvalue weighted by Gasteiger charge is 2.31. The summed E-state index contributed by atoms with van der Waals surface area (Å²) in [5, 5.41) is 9.36. The number of hydrogen-bond donors (Lipinski definition) is 1. The average Bonchev–Trinajstić information content (AvgIpc) is 2.59. The van der Waals surface area contributed by atoms with Crippen molar-refractivity contribution < 1.29 is 37.3 Å². The number of hydrogen-bond acceptors (Lipinski definition) is 6. The summed E-state index contributed by atoms with van der Waals surface area (Å²) in [6.07, 6.45) is -2.63. The van der Waals surface area contributed by atoms with Gasteiger partial charge in [0, 0.05) is 0 Å². The van der Waals surface area contributed by atoms with Gasteiger partial charge in [-0.05, 0) is 18.2 Å². The number of aromatic nitrogens is 2. The predicted octanol–water partition coefficient (Wildman–Crippen LogP) is 3.37. The van der Waals surface area contributed by atoms with E-state index in [0.29, 0.717) is 0 Å². The third-order valence-electron chi connectivity index (χ3n) is 3.08. The summed E-state index contributed by atoms with van der Waals surface area (Å²) in [5.74, 6) is -2.03. The third-order valence-corrected chi connectivity index (χ3v) is 3.08. The Labute approximate surface area is 145 Å². The molecule has 0 aliphatic rings. The van der Waals surface area contributed by atoms with Gasteiger partial charge in [-0.3, -0.25) is 0 Å². The Hall–Kier alpha value is -3.30. The fourth-order valence-electron chi connectivity index (χ4n) is 2.00. The van der Waals surface area contributed by atoms with E-state index < -0.39 is 23.3 Å². The van der Waals surface area contributed by atoms with Gasteiger partial charge in [-0.25, -0.2) is 14.8 Å². The molecule has 0 fully saturated rings. The first kappa shape index (κ1) is 19.0. The van der Waals surface area contributed by atoms with Crippen molar-refractivity contribution in [1.29, 1.82) is 0 Å². The van der Waals surface area contributed by atoms with Gasteiger partial charge in [0.1, 0.15) is 23.2 Å². The van der Waals surface area contributed by atoms with E-state index in [1.165, 1.54) is 20.3 Å². The summed E-state index contributed by atoms with van der Waals surface area (Å²) in [6, 6.07) is 4.06. The maximum atomic E-state index is 12.8. The van der Waals surface area contributed by atoms with Gasteiger partial charge in [0.25, 0.3) is 0 Å². The van der Waals surface area contributed by atoms with Gasteiger partial charge in [-0.15, -0.1) is 0 Å². The summed E-state index contributed by atoms with van der Waals surface area (Å²) in [7, 11) is 2.47. The van der Waals surface area contributed by atoms with Crippen molar-refractivity contribution in [2.24, 2.45) is 0 Å². The quantitative estimate of drug-likeness (QED) is 0.616. The Bertz CT molecular complexity index is 837. The maximum Gasteiger partial charge on any atom is 0.416 e. The van der Waals surface area contributed by atoms with Gasteiger partial charge in [-0.2, -0.15) is 13.2 Å². The van der Waals surface area contributed by atoms with E-state index in [2.05, 4.69) is 9.97 Å². The molecule has 0 aliphatic heterocycles. The molecular formula is C16H13F3N2O5.